The minimum absolute atomic E-state index is 0.00366. The number of hydrogen-bond donors (Lipinski definition) is 1. The standard InChI is InChI=1S/C16H24BrNO3S/c1-4-5-10(19)12(17)13(20)18-14(22)21-11-8-9-6-7-16(11,18)15(9,2)3/h9-12,19H,4-8H2,1-3H3/t9-,10+,11-,12-,16-/m1/s1. The lowest BCUT2D eigenvalue weighted by atomic mass is 9.74. The first-order chi connectivity index (χ1) is 10.3. The number of carbonyl (C=O) groups excluding carboxylic acids is 1. The van der Waals surface area contributed by atoms with Crippen LogP contribution in [0.2, 0.25) is 0 Å². The van der Waals surface area contributed by atoms with E-state index in [0.29, 0.717) is 12.3 Å². The van der Waals surface area contributed by atoms with E-state index >= 15 is 0 Å². The van der Waals surface area contributed by atoms with Gasteiger partial charge in [0.2, 0.25) is 5.91 Å². The number of carbonyl (C=O) groups is 1. The van der Waals surface area contributed by atoms with Crippen molar-refractivity contribution in [1.82, 2.24) is 4.90 Å². The molecule has 0 aromatic heterocycles. The summed E-state index contributed by atoms with van der Waals surface area (Å²) in [4.78, 5) is 14.1. The van der Waals surface area contributed by atoms with Crippen LogP contribution < -0.4 is 0 Å². The lowest BCUT2D eigenvalue weighted by Gasteiger charge is -2.43. The first-order valence-corrected chi connectivity index (χ1v) is 9.46. The Morgan fingerprint density at radius 2 is 2.27 bits per heavy atom. The van der Waals surface area contributed by atoms with Gasteiger partial charge < -0.3 is 9.84 Å². The third-order valence-electron chi connectivity index (χ3n) is 6.24. The fraction of sp³-hybridized carbons (Fsp3) is 0.875. The summed E-state index contributed by atoms with van der Waals surface area (Å²) in [6, 6.07) is 0. The summed E-state index contributed by atoms with van der Waals surface area (Å²) in [5.41, 5.74) is -0.333. The second kappa shape index (κ2) is 5.42. The molecule has 1 aliphatic heterocycles. The molecule has 1 spiro atoms. The zero-order chi connectivity index (χ0) is 16.3. The monoisotopic (exact) mass is 389 g/mol. The second-order valence-electron chi connectivity index (χ2n) is 7.42. The summed E-state index contributed by atoms with van der Waals surface area (Å²) >= 11 is 8.77. The Balaban J connectivity index is 1.92. The van der Waals surface area contributed by atoms with Gasteiger partial charge in [-0.15, -0.1) is 0 Å². The molecule has 5 atom stereocenters. The van der Waals surface area contributed by atoms with Crippen molar-refractivity contribution in [1.29, 1.82) is 0 Å². The average Bonchev–Trinajstić information content (AvgIpc) is 2.97. The van der Waals surface area contributed by atoms with Gasteiger partial charge in [-0.2, -0.15) is 0 Å². The number of nitrogens with zero attached hydrogens (tertiary/aromatic N) is 1. The van der Waals surface area contributed by atoms with E-state index in [1.165, 1.54) is 0 Å². The van der Waals surface area contributed by atoms with Gasteiger partial charge in [-0.1, -0.05) is 43.1 Å². The lowest BCUT2D eigenvalue weighted by molar-refractivity contribution is -0.134. The van der Waals surface area contributed by atoms with Crippen LogP contribution in [-0.2, 0) is 9.53 Å². The average molecular weight is 390 g/mol. The molecule has 0 unspecified atom stereocenters. The number of halogens is 1. The number of thiocarbonyl (C=S) groups is 1. The summed E-state index contributed by atoms with van der Waals surface area (Å²) in [6.07, 6.45) is 3.76. The maximum Gasteiger partial charge on any atom is 0.267 e. The van der Waals surface area contributed by atoms with Crippen molar-refractivity contribution in [2.45, 2.75) is 75.4 Å². The molecule has 2 bridgehead atoms. The van der Waals surface area contributed by atoms with Crippen LogP contribution in [0.4, 0.5) is 0 Å². The first kappa shape index (κ1) is 16.7. The number of aliphatic hydroxyl groups is 1. The van der Waals surface area contributed by atoms with E-state index in [9.17, 15) is 9.90 Å². The molecule has 124 valence electrons. The Morgan fingerprint density at radius 3 is 2.86 bits per heavy atom. The molecule has 1 N–H and O–H groups in total. The predicted octanol–water partition coefficient (Wildman–Crippen LogP) is 3.00. The fourth-order valence-electron chi connectivity index (χ4n) is 4.92. The molecule has 0 aromatic carbocycles. The van der Waals surface area contributed by atoms with Crippen LogP contribution >= 0.6 is 28.1 Å². The molecule has 6 heteroatoms. The van der Waals surface area contributed by atoms with E-state index in [4.69, 9.17) is 17.0 Å². The summed E-state index contributed by atoms with van der Waals surface area (Å²) in [5, 5.41) is 10.5. The maximum absolute atomic E-state index is 13.0. The van der Waals surface area contributed by atoms with E-state index in [0.717, 1.165) is 25.7 Å². The molecule has 2 saturated carbocycles. The van der Waals surface area contributed by atoms with Gasteiger partial charge in [0.25, 0.3) is 5.17 Å². The van der Waals surface area contributed by atoms with Gasteiger partial charge in [0.1, 0.15) is 10.9 Å². The number of ether oxygens (including phenoxy) is 1. The van der Waals surface area contributed by atoms with Crippen molar-refractivity contribution in [2.75, 3.05) is 0 Å². The van der Waals surface area contributed by atoms with Crippen LogP contribution in [0.3, 0.4) is 0 Å². The highest BCUT2D eigenvalue weighted by Crippen LogP contribution is 2.66. The number of aliphatic hydroxyl groups excluding tert-OH is 1. The summed E-state index contributed by atoms with van der Waals surface area (Å²) in [7, 11) is 0. The normalized spacial score (nSPS) is 37.9. The van der Waals surface area contributed by atoms with Gasteiger partial charge in [-0.05, 0) is 49.2 Å². The highest BCUT2D eigenvalue weighted by molar-refractivity contribution is 9.10. The van der Waals surface area contributed by atoms with Crippen molar-refractivity contribution in [3.8, 4) is 0 Å². The van der Waals surface area contributed by atoms with Crippen LogP contribution in [-0.4, -0.2) is 43.7 Å². The number of hydrogen-bond acceptors (Lipinski definition) is 4. The second-order valence-corrected chi connectivity index (χ2v) is 8.76. The topological polar surface area (TPSA) is 49.8 Å². The molecule has 1 amide bonds. The van der Waals surface area contributed by atoms with E-state index in [1.54, 1.807) is 4.90 Å². The molecule has 3 fully saturated rings. The maximum atomic E-state index is 13.0. The van der Waals surface area contributed by atoms with Gasteiger partial charge in [0.15, 0.2) is 0 Å². The zero-order valence-corrected chi connectivity index (χ0v) is 15.7. The number of fused-ring (bicyclic) bond motifs is 1. The largest absolute Gasteiger partial charge is 0.465 e. The van der Waals surface area contributed by atoms with Gasteiger partial charge >= 0.3 is 0 Å². The Bertz CT molecular complexity index is 512. The Morgan fingerprint density at radius 1 is 1.59 bits per heavy atom. The number of rotatable bonds is 4. The first-order valence-electron chi connectivity index (χ1n) is 8.14. The zero-order valence-electron chi connectivity index (χ0n) is 13.3. The minimum atomic E-state index is -0.697. The van der Waals surface area contributed by atoms with Gasteiger partial charge in [-0.25, -0.2) is 0 Å². The summed E-state index contributed by atoms with van der Waals surface area (Å²) < 4.78 is 5.90. The van der Waals surface area contributed by atoms with E-state index in [2.05, 4.69) is 29.8 Å². The Kier molecular flexibility index (Phi) is 4.10. The molecule has 3 rings (SSSR count). The van der Waals surface area contributed by atoms with E-state index < -0.39 is 10.9 Å². The summed E-state index contributed by atoms with van der Waals surface area (Å²) in [6.45, 7) is 6.45. The number of alkyl halides is 1. The van der Waals surface area contributed by atoms with Gasteiger partial charge in [0, 0.05) is 0 Å². The Hall–Kier alpha value is -0.200. The molecule has 22 heavy (non-hydrogen) atoms. The summed E-state index contributed by atoms with van der Waals surface area (Å²) in [5.74, 6) is 0.425. The molecule has 1 heterocycles. The van der Waals surface area contributed by atoms with Crippen LogP contribution in [0.5, 0.6) is 0 Å². The van der Waals surface area contributed by atoms with Crippen LogP contribution in [0.15, 0.2) is 0 Å². The smallest absolute Gasteiger partial charge is 0.267 e. The molecule has 2 aliphatic carbocycles. The van der Waals surface area contributed by atoms with Crippen molar-refractivity contribution < 1.29 is 14.6 Å². The molecule has 0 aromatic rings. The van der Waals surface area contributed by atoms with Crippen molar-refractivity contribution >= 4 is 39.2 Å². The molecule has 4 nitrogen and oxygen atoms in total. The molecule has 1 saturated heterocycles. The molecule has 0 radical (unpaired) electrons. The third-order valence-corrected chi connectivity index (χ3v) is 7.53. The van der Waals surface area contributed by atoms with Crippen LogP contribution in [0.1, 0.15) is 52.9 Å². The SMILES string of the molecule is CCC[C@H](O)[C@@H](Br)C(=O)N1C(=S)O[C@@H]2C[C@H]3CC[C@]21C3(C)C. The van der Waals surface area contributed by atoms with Gasteiger partial charge in [0.05, 0.1) is 11.6 Å². The molecular weight excluding hydrogens is 366 g/mol. The quantitative estimate of drug-likeness (QED) is 0.592. The molecular formula is C16H24BrNO3S. The number of amides is 1. The molecule has 3 aliphatic rings. The minimum Gasteiger partial charge on any atom is -0.465 e. The van der Waals surface area contributed by atoms with E-state index in [-0.39, 0.29) is 28.1 Å². The highest BCUT2D eigenvalue weighted by Gasteiger charge is 2.73. The van der Waals surface area contributed by atoms with E-state index in [1.807, 2.05) is 6.92 Å². The Labute approximate surface area is 145 Å². The van der Waals surface area contributed by atoms with Crippen LogP contribution in [0, 0.1) is 11.3 Å². The van der Waals surface area contributed by atoms with Crippen molar-refractivity contribution in [3.63, 3.8) is 0 Å². The predicted molar refractivity (Wildman–Crippen MR) is 91.8 cm³/mol. The van der Waals surface area contributed by atoms with Crippen molar-refractivity contribution in [2.24, 2.45) is 11.3 Å². The van der Waals surface area contributed by atoms with Gasteiger partial charge in [-0.3, -0.25) is 9.69 Å². The van der Waals surface area contributed by atoms with Crippen LogP contribution in [0.25, 0.3) is 0 Å². The highest BCUT2D eigenvalue weighted by atomic mass is 79.9. The fourth-order valence-corrected chi connectivity index (χ4v) is 5.75. The third kappa shape index (κ3) is 1.96. The van der Waals surface area contributed by atoms with Crippen molar-refractivity contribution in [3.05, 3.63) is 0 Å². The lowest BCUT2D eigenvalue weighted by Crippen LogP contribution is -2.59.